The Bertz CT molecular complexity index is 536. The number of imidazole rings is 1. The fourth-order valence-electron chi connectivity index (χ4n) is 1.25. The first-order chi connectivity index (χ1) is 7.58. The van der Waals surface area contributed by atoms with Gasteiger partial charge >= 0.3 is 6.03 Å². The van der Waals surface area contributed by atoms with E-state index in [2.05, 4.69) is 20.3 Å². The van der Waals surface area contributed by atoms with Gasteiger partial charge in [-0.05, 0) is 25.4 Å². The molecular formula is C9H10ClN5O. The predicted octanol–water partition coefficient (Wildman–Crippen LogP) is 1.45. The fourth-order valence-corrected chi connectivity index (χ4v) is 1.38. The van der Waals surface area contributed by atoms with Crippen molar-refractivity contribution in [3.8, 4) is 0 Å². The molecule has 0 atom stereocenters. The van der Waals surface area contributed by atoms with Gasteiger partial charge in [0.15, 0.2) is 5.65 Å². The number of halogens is 1. The quantitative estimate of drug-likeness (QED) is 0.765. The summed E-state index contributed by atoms with van der Waals surface area (Å²) in [4.78, 5) is 23.5. The zero-order valence-corrected chi connectivity index (χ0v) is 9.56. The van der Waals surface area contributed by atoms with Crippen LogP contribution in [0, 0.1) is 0 Å². The van der Waals surface area contributed by atoms with Gasteiger partial charge < -0.3 is 5.32 Å². The Labute approximate surface area is 96.7 Å². The second-order valence-corrected chi connectivity index (χ2v) is 3.90. The minimum Gasteiger partial charge on any atom is -0.335 e. The van der Waals surface area contributed by atoms with Gasteiger partial charge in [0.25, 0.3) is 0 Å². The average molecular weight is 240 g/mol. The van der Waals surface area contributed by atoms with Gasteiger partial charge in [-0.3, -0.25) is 0 Å². The third-order valence-electron chi connectivity index (χ3n) is 1.89. The van der Waals surface area contributed by atoms with Gasteiger partial charge in [-0.15, -0.1) is 0 Å². The second kappa shape index (κ2) is 4.05. The summed E-state index contributed by atoms with van der Waals surface area (Å²) in [6, 6.07) is -0.241. The molecule has 0 saturated carbocycles. The van der Waals surface area contributed by atoms with Gasteiger partial charge in [0.1, 0.15) is 11.8 Å². The Kier molecular flexibility index (Phi) is 2.74. The molecule has 84 valence electrons. The third kappa shape index (κ3) is 1.96. The van der Waals surface area contributed by atoms with Gasteiger partial charge in [0, 0.05) is 6.04 Å². The minimum atomic E-state index is -0.285. The van der Waals surface area contributed by atoms with Crippen LogP contribution in [0.15, 0.2) is 12.5 Å². The van der Waals surface area contributed by atoms with Crippen LogP contribution < -0.4 is 5.32 Å². The molecule has 0 spiro atoms. The summed E-state index contributed by atoms with van der Waals surface area (Å²) in [5.74, 6) is 0. The van der Waals surface area contributed by atoms with Gasteiger partial charge in [0.2, 0.25) is 5.28 Å². The highest BCUT2D eigenvalue weighted by atomic mass is 35.5. The van der Waals surface area contributed by atoms with Gasteiger partial charge in [-0.1, -0.05) is 0 Å². The van der Waals surface area contributed by atoms with Crippen LogP contribution >= 0.6 is 11.6 Å². The smallest absolute Gasteiger partial charge is 0.328 e. The standard InChI is InChI=1S/C9H10ClN5O/c1-5(2)13-9(16)15-4-12-6-3-11-8(10)14-7(6)15/h3-5H,1-2H3,(H,13,16). The minimum absolute atomic E-state index is 0.0438. The molecular weight excluding hydrogens is 230 g/mol. The molecule has 16 heavy (non-hydrogen) atoms. The number of nitrogens with zero attached hydrogens (tertiary/aromatic N) is 4. The molecule has 7 heteroatoms. The number of aromatic nitrogens is 4. The van der Waals surface area contributed by atoms with E-state index in [1.165, 1.54) is 17.1 Å². The monoisotopic (exact) mass is 239 g/mol. The highest BCUT2D eigenvalue weighted by Crippen LogP contribution is 2.10. The maximum absolute atomic E-state index is 11.7. The van der Waals surface area contributed by atoms with Crippen molar-refractivity contribution >= 4 is 28.8 Å². The number of carbonyl (C=O) groups excluding carboxylic acids is 1. The van der Waals surface area contributed by atoms with E-state index in [9.17, 15) is 4.79 Å². The molecule has 6 nitrogen and oxygen atoms in total. The fraction of sp³-hybridized carbons (Fsp3) is 0.333. The van der Waals surface area contributed by atoms with Crippen LogP contribution in [0.2, 0.25) is 5.28 Å². The van der Waals surface area contributed by atoms with E-state index >= 15 is 0 Å². The molecule has 0 saturated heterocycles. The summed E-state index contributed by atoms with van der Waals surface area (Å²) in [5, 5.41) is 2.83. The summed E-state index contributed by atoms with van der Waals surface area (Å²) in [6.07, 6.45) is 2.87. The van der Waals surface area contributed by atoms with Crippen LogP contribution in [0.1, 0.15) is 13.8 Å². The topological polar surface area (TPSA) is 72.7 Å². The number of fused-ring (bicyclic) bond motifs is 1. The molecule has 2 aromatic heterocycles. The van der Waals surface area contributed by atoms with Crippen molar-refractivity contribution in [2.24, 2.45) is 0 Å². The van der Waals surface area contributed by atoms with Crippen molar-refractivity contribution in [1.82, 2.24) is 24.8 Å². The largest absolute Gasteiger partial charge is 0.335 e. The van der Waals surface area contributed by atoms with Crippen molar-refractivity contribution in [3.63, 3.8) is 0 Å². The van der Waals surface area contributed by atoms with Crippen LogP contribution in [0.5, 0.6) is 0 Å². The first kappa shape index (κ1) is 10.8. The summed E-state index contributed by atoms with van der Waals surface area (Å²) in [5.41, 5.74) is 0.932. The Balaban J connectivity index is 2.44. The number of rotatable bonds is 1. The predicted molar refractivity (Wildman–Crippen MR) is 59.4 cm³/mol. The number of amides is 1. The molecule has 2 rings (SSSR count). The summed E-state index contributed by atoms with van der Waals surface area (Å²) in [6.45, 7) is 3.75. The maximum atomic E-state index is 11.7. The summed E-state index contributed by atoms with van der Waals surface area (Å²) in [7, 11) is 0. The zero-order valence-electron chi connectivity index (χ0n) is 8.81. The van der Waals surface area contributed by atoms with Gasteiger partial charge in [0.05, 0.1) is 6.20 Å². The third-order valence-corrected chi connectivity index (χ3v) is 2.07. The highest BCUT2D eigenvalue weighted by Gasteiger charge is 2.12. The van der Waals surface area contributed by atoms with Gasteiger partial charge in [-0.2, -0.15) is 4.98 Å². The van der Waals surface area contributed by atoms with Crippen molar-refractivity contribution in [2.75, 3.05) is 0 Å². The lowest BCUT2D eigenvalue weighted by molar-refractivity contribution is 0.240. The molecule has 1 amide bonds. The molecule has 0 radical (unpaired) electrons. The van der Waals surface area contributed by atoms with Crippen molar-refractivity contribution < 1.29 is 4.79 Å². The number of nitrogens with one attached hydrogen (secondary N) is 1. The second-order valence-electron chi connectivity index (χ2n) is 3.57. The number of hydrogen-bond donors (Lipinski definition) is 1. The molecule has 0 aliphatic heterocycles. The average Bonchev–Trinajstić information content (AvgIpc) is 2.59. The normalized spacial score (nSPS) is 11.0. The zero-order chi connectivity index (χ0) is 11.7. The molecule has 1 N–H and O–H groups in total. The summed E-state index contributed by atoms with van der Waals surface area (Å²) >= 11 is 5.66. The van der Waals surface area contributed by atoms with Crippen molar-refractivity contribution in [1.29, 1.82) is 0 Å². The van der Waals surface area contributed by atoms with E-state index in [-0.39, 0.29) is 17.4 Å². The molecule has 0 unspecified atom stereocenters. The van der Waals surface area contributed by atoms with Crippen molar-refractivity contribution in [3.05, 3.63) is 17.8 Å². The maximum Gasteiger partial charge on any atom is 0.328 e. The summed E-state index contributed by atoms with van der Waals surface area (Å²) < 4.78 is 1.31. The van der Waals surface area contributed by atoms with E-state index in [0.29, 0.717) is 11.2 Å². The van der Waals surface area contributed by atoms with E-state index in [0.717, 1.165) is 0 Å². The molecule has 0 aromatic carbocycles. The lowest BCUT2D eigenvalue weighted by Crippen LogP contribution is -2.33. The van der Waals surface area contributed by atoms with Crippen LogP contribution in [-0.4, -0.2) is 31.6 Å². The lowest BCUT2D eigenvalue weighted by Gasteiger charge is -2.08. The van der Waals surface area contributed by atoms with Gasteiger partial charge in [-0.25, -0.2) is 19.3 Å². The van der Waals surface area contributed by atoms with Crippen LogP contribution in [0.4, 0.5) is 4.79 Å². The van der Waals surface area contributed by atoms with Crippen LogP contribution in [0.3, 0.4) is 0 Å². The van der Waals surface area contributed by atoms with E-state index in [1.54, 1.807) is 0 Å². The Hall–Kier alpha value is -1.69. The van der Waals surface area contributed by atoms with E-state index < -0.39 is 0 Å². The molecule has 0 aliphatic carbocycles. The first-order valence-corrected chi connectivity index (χ1v) is 5.12. The van der Waals surface area contributed by atoms with E-state index in [4.69, 9.17) is 11.6 Å². The van der Waals surface area contributed by atoms with E-state index in [1.807, 2.05) is 13.8 Å². The Morgan fingerprint density at radius 3 is 2.94 bits per heavy atom. The lowest BCUT2D eigenvalue weighted by atomic mass is 10.4. The molecule has 0 aliphatic rings. The first-order valence-electron chi connectivity index (χ1n) is 4.74. The highest BCUT2D eigenvalue weighted by molar-refractivity contribution is 6.28. The Morgan fingerprint density at radius 2 is 2.25 bits per heavy atom. The Morgan fingerprint density at radius 1 is 1.50 bits per heavy atom. The molecule has 0 fully saturated rings. The number of hydrogen-bond acceptors (Lipinski definition) is 4. The SMILES string of the molecule is CC(C)NC(=O)n1cnc2cnc(Cl)nc21. The molecule has 2 aromatic rings. The van der Waals surface area contributed by atoms with Crippen molar-refractivity contribution in [2.45, 2.75) is 19.9 Å². The number of carbonyl (C=O) groups is 1. The van der Waals surface area contributed by atoms with Crippen LogP contribution in [0.25, 0.3) is 11.2 Å². The molecule has 0 bridgehead atoms. The van der Waals surface area contributed by atoms with Crippen LogP contribution in [-0.2, 0) is 0 Å². The molecule has 2 heterocycles.